The summed E-state index contributed by atoms with van der Waals surface area (Å²) in [4.78, 5) is 2.82. The van der Waals surface area contributed by atoms with Crippen molar-refractivity contribution < 1.29 is 0 Å². The number of thioether (sulfide) groups is 1. The molecule has 0 aromatic carbocycles. The van der Waals surface area contributed by atoms with Crippen LogP contribution in [0.15, 0.2) is 0 Å². The van der Waals surface area contributed by atoms with Crippen LogP contribution in [0.5, 0.6) is 0 Å². The standard InChI is InChI=1S/C15H28N2S/c1-2-18-15-7-3-6-14(15)17-10-4-5-13(11-17)16-12-8-9-12/h12-16H,2-11H2,1H3. The van der Waals surface area contributed by atoms with Gasteiger partial charge < -0.3 is 5.32 Å². The summed E-state index contributed by atoms with van der Waals surface area (Å²) in [5.41, 5.74) is 0. The molecule has 18 heavy (non-hydrogen) atoms. The third-order valence-corrected chi connectivity index (χ3v) is 6.08. The lowest BCUT2D eigenvalue weighted by Crippen LogP contribution is -2.51. The molecule has 0 aromatic heterocycles. The predicted molar refractivity (Wildman–Crippen MR) is 80.3 cm³/mol. The van der Waals surface area contributed by atoms with E-state index in [9.17, 15) is 0 Å². The van der Waals surface area contributed by atoms with Gasteiger partial charge in [-0.05, 0) is 50.8 Å². The highest BCUT2D eigenvalue weighted by molar-refractivity contribution is 7.99. The molecule has 2 nitrogen and oxygen atoms in total. The Morgan fingerprint density at radius 2 is 1.94 bits per heavy atom. The van der Waals surface area contributed by atoms with E-state index in [4.69, 9.17) is 0 Å². The van der Waals surface area contributed by atoms with E-state index in [0.717, 1.165) is 23.4 Å². The van der Waals surface area contributed by atoms with Gasteiger partial charge in [0.15, 0.2) is 0 Å². The van der Waals surface area contributed by atoms with Crippen molar-refractivity contribution in [2.45, 2.75) is 75.2 Å². The van der Waals surface area contributed by atoms with Gasteiger partial charge in [-0.15, -0.1) is 0 Å². The molecule has 3 aliphatic rings. The largest absolute Gasteiger partial charge is 0.310 e. The van der Waals surface area contributed by atoms with E-state index in [1.807, 2.05) is 0 Å². The summed E-state index contributed by atoms with van der Waals surface area (Å²) in [5, 5.41) is 4.77. The second-order valence-electron chi connectivity index (χ2n) is 6.27. The molecule has 3 heteroatoms. The fourth-order valence-electron chi connectivity index (χ4n) is 3.76. The molecule has 104 valence electrons. The quantitative estimate of drug-likeness (QED) is 0.825. The lowest BCUT2D eigenvalue weighted by Gasteiger charge is -2.39. The van der Waals surface area contributed by atoms with Gasteiger partial charge in [-0.25, -0.2) is 0 Å². The van der Waals surface area contributed by atoms with Crippen LogP contribution >= 0.6 is 11.8 Å². The van der Waals surface area contributed by atoms with Crippen molar-refractivity contribution in [3.05, 3.63) is 0 Å². The van der Waals surface area contributed by atoms with E-state index in [2.05, 4.69) is 28.9 Å². The van der Waals surface area contributed by atoms with Crippen molar-refractivity contribution in [1.82, 2.24) is 10.2 Å². The lowest BCUT2D eigenvalue weighted by atomic mass is 10.0. The normalized spacial score (nSPS) is 38.2. The molecular weight excluding hydrogens is 240 g/mol. The van der Waals surface area contributed by atoms with Gasteiger partial charge in [-0.3, -0.25) is 4.90 Å². The van der Waals surface area contributed by atoms with Crippen LogP contribution in [-0.2, 0) is 0 Å². The summed E-state index contributed by atoms with van der Waals surface area (Å²) in [6.45, 7) is 4.99. The zero-order valence-corrected chi connectivity index (χ0v) is 12.6. The van der Waals surface area contributed by atoms with E-state index in [0.29, 0.717) is 0 Å². The fourth-order valence-corrected chi connectivity index (χ4v) is 5.05. The summed E-state index contributed by atoms with van der Waals surface area (Å²) >= 11 is 2.21. The molecule has 3 unspecified atom stereocenters. The summed E-state index contributed by atoms with van der Waals surface area (Å²) in [5.74, 6) is 1.29. The van der Waals surface area contributed by atoms with E-state index in [1.165, 1.54) is 63.8 Å². The number of hydrogen-bond acceptors (Lipinski definition) is 3. The topological polar surface area (TPSA) is 15.3 Å². The van der Waals surface area contributed by atoms with Crippen LogP contribution in [0, 0.1) is 0 Å². The second-order valence-corrected chi connectivity index (χ2v) is 7.78. The van der Waals surface area contributed by atoms with Crippen LogP contribution < -0.4 is 5.32 Å². The number of nitrogens with zero attached hydrogens (tertiary/aromatic N) is 1. The molecule has 3 atom stereocenters. The van der Waals surface area contributed by atoms with E-state index in [-0.39, 0.29) is 0 Å². The van der Waals surface area contributed by atoms with Gasteiger partial charge in [0.05, 0.1) is 0 Å². The van der Waals surface area contributed by atoms with E-state index < -0.39 is 0 Å². The average molecular weight is 268 g/mol. The Morgan fingerprint density at radius 1 is 1.06 bits per heavy atom. The third-order valence-electron chi connectivity index (χ3n) is 4.77. The van der Waals surface area contributed by atoms with Crippen molar-refractivity contribution >= 4 is 11.8 Å². The number of hydrogen-bond donors (Lipinski definition) is 1. The molecule has 0 amide bonds. The van der Waals surface area contributed by atoms with Crippen molar-refractivity contribution in [3.8, 4) is 0 Å². The lowest BCUT2D eigenvalue weighted by molar-refractivity contribution is 0.140. The average Bonchev–Trinajstić information content (AvgIpc) is 3.07. The number of rotatable bonds is 5. The Bertz CT molecular complexity index is 267. The first-order chi connectivity index (χ1) is 8.86. The van der Waals surface area contributed by atoms with Gasteiger partial charge in [0, 0.05) is 29.9 Å². The minimum atomic E-state index is 0.791. The minimum absolute atomic E-state index is 0.791. The maximum absolute atomic E-state index is 3.84. The molecule has 3 rings (SSSR count). The van der Waals surface area contributed by atoms with Crippen LogP contribution in [0.4, 0.5) is 0 Å². The van der Waals surface area contributed by atoms with Gasteiger partial charge in [0.1, 0.15) is 0 Å². The van der Waals surface area contributed by atoms with Gasteiger partial charge in [0.25, 0.3) is 0 Å². The molecule has 1 saturated heterocycles. The van der Waals surface area contributed by atoms with Gasteiger partial charge >= 0.3 is 0 Å². The molecule has 0 aromatic rings. The number of nitrogens with one attached hydrogen (secondary N) is 1. The van der Waals surface area contributed by atoms with Gasteiger partial charge in [0.2, 0.25) is 0 Å². The first-order valence-corrected chi connectivity index (χ1v) is 9.03. The van der Waals surface area contributed by atoms with E-state index >= 15 is 0 Å². The Kier molecular flexibility index (Phi) is 4.53. The van der Waals surface area contributed by atoms with Crippen molar-refractivity contribution in [2.75, 3.05) is 18.8 Å². The summed E-state index contributed by atoms with van der Waals surface area (Å²) in [6, 6.07) is 2.55. The number of likely N-dealkylation sites (tertiary alicyclic amines) is 1. The smallest absolute Gasteiger partial charge is 0.0215 e. The van der Waals surface area contributed by atoms with Gasteiger partial charge in [-0.2, -0.15) is 11.8 Å². The first kappa shape index (κ1) is 13.3. The fraction of sp³-hybridized carbons (Fsp3) is 1.00. The highest BCUT2D eigenvalue weighted by atomic mass is 32.2. The maximum Gasteiger partial charge on any atom is 0.0215 e. The SMILES string of the molecule is CCSC1CCCC1N1CCCC(NC2CC2)C1. The highest BCUT2D eigenvalue weighted by Gasteiger charge is 2.35. The van der Waals surface area contributed by atoms with Gasteiger partial charge in [-0.1, -0.05) is 13.3 Å². The molecule has 2 aliphatic carbocycles. The van der Waals surface area contributed by atoms with E-state index in [1.54, 1.807) is 0 Å². The van der Waals surface area contributed by atoms with Crippen LogP contribution in [0.25, 0.3) is 0 Å². The Balaban J connectivity index is 1.53. The summed E-state index contributed by atoms with van der Waals surface area (Å²) in [7, 11) is 0. The zero-order chi connectivity index (χ0) is 12.4. The monoisotopic (exact) mass is 268 g/mol. The highest BCUT2D eigenvalue weighted by Crippen LogP contribution is 2.35. The van der Waals surface area contributed by atoms with Crippen LogP contribution in [0.1, 0.15) is 51.9 Å². The zero-order valence-electron chi connectivity index (χ0n) is 11.7. The summed E-state index contributed by atoms with van der Waals surface area (Å²) in [6.07, 6.45) is 10.0. The first-order valence-electron chi connectivity index (χ1n) is 7.98. The Hall–Kier alpha value is 0.270. The molecule has 1 N–H and O–H groups in total. The molecule has 0 radical (unpaired) electrons. The van der Waals surface area contributed by atoms with Crippen molar-refractivity contribution in [3.63, 3.8) is 0 Å². The molecule has 3 fully saturated rings. The van der Waals surface area contributed by atoms with Crippen molar-refractivity contribution in [2.24, 2.45) is 0 Å². The van der Waals surface area contributed by atoms with Crippen molar-refractivity contribution in [1.29, 1.82) is 0 Å². The predicted octanol–water partition coefficient (Wildman–Crippen LogP) is 2.88. The molecule has 0 bridgehead atoms. The Labute approximate surface area is 116 Å². The molecular formula is C15H28N2S. The number of piperidine rings is 1. The third kappa shape index (κ3) is 3.23. The Morgan fingerprint density at radius 3 is 2.72 bits per heavy atom. The molecule has 1 aliphatic heterocycles. The molecule has 0 spiro atoms. The van der Waals surface area contributed by atoms with Crippen LogP contribution in [-0.4, -0.2) is 47.1 Å². The second kappa shape index (κ2) is 6.15. The maximum atomic E-state index is 3.84. The van der Waals surface area contributed by atoms with Crippen LogP contribution in [0.2, 0.25) is 0 Å². The van der Waals surface area contributed by atoms with Crippen LogP contribution in [0.3, 0.4) is 0 Å². The summed E-state index contributed by atoms with van der Waals surface area (Å²) < 4.78 is 0. The minimum Gasteiger partial charge on any atom is -0.310 e. The molecule has 1 heterocycles. The molecule has 2 saturated carbocycles.